The highest BCUT2D eigenvalue weighted by Crippen LogP contribution is 2.23. The van der Waals surface area contributed by atoms with Gasteiger partial charge in [0.2, 0.25) is 0 Å². The highest BCUT2D eigenvalue weighted by Gasteiger charge is 2.17. The summed E-state index contributed by atoms with van der Waals surface area (Å²) >= 11 is 1.73. The van der Waals surface area contributed by atoms with Crippen molar-refractivity contribution in [2.24, 2.45) is 0 Å². The first kappa shape index (κ1) is 10.2. The lowest BCUT2D eigenvalue weighted by molar-refractivity contribution is -0.136. The molecular weight excluding hydrogens is 216 g/mol. The summed E-state index contributed by atoms with van der Waals surface area (Å²) in [6.07, 6.45) is 0.614. The van der Waals surface area contributed by atoms with Crippen LogP contribution in [0.4, 0.5) is 0 Å². The van der Waals surface area contributed by atoms with E-state index < -0.39 is 11.7 Å². The number of nitrogens with zero attached hydrogens (tertiary/aromatic N) is 1. The second-order valence-corrected chi connectivity index (χ2v) is 4.42. The Labute approximate surface area is 89.9 Å². The molecule has 0 spiro atoms. The Balaban J connectivity index is 2.47. The molecule has 0 atom stereocenters. The molecule has 5 nitrogen and oxygen atoms in total. The van der Waals surface area contributed by atoms with Crippen molar-refractivity contribution in [1.29, 1.82) is 0 Å². The van der Waals surface area contributed by atoms with Gasteiger partial charge in [0.15, 0.2) is 0 Å². The molecule has 0 aromatic carbocycles. The molecule has 0 fully saturated rings. The summed E-state index contributed by atoms with van der Waals surface area (Å²) in [5.41, 5.74) is 1.72. The van der Waals surface area contributed by atoms with Gasteiger partial charge >= 0.3 is 11.7 Å². The van der Waals surface area contributed by atoms with Gasteiger partial charge in [-0.1, -0.05) is 0 Å². The number of thioether (sulfide) groups is 1. The van der Waals surface area contributed by atoms with E-state index in [2.05, 4.69) is 9.97 Å². The predicted octanol–water partition coefficient (Wildman–Crippen LogP) is 0.186. The third-order valence-corrected chi connectivity index (χ3v) is 3.25. The maximum atomic E-state index is 11.2. The molecule has 0 amide bonds. The Morgan fingerprint density at radius 2 is 2.40 bits per heavy atom. The van der Waals surface area contributed by atoms with E-state index in [1.165, 1.54) is 0 Å². The molecule has 0 aliphatic carbocycles. The largest absolute Gasteiger partial charge is 0.481 e. The van der Waals surface area contributed by atoms with Gasteiger partial charge < -0.3 is 10.1 Å². The molecule has 2 heterocycles. The summed E-state index contributed by atoms with van der Waals surface area (Å²) in [5, 5.41) is 8.70. The Kier molecular flexibility index (Phi) is 2.77. The van der Waals surface area contributed by atoms with Gasteiger partial charge in [-0.05, 0) is 17.7 Å². The fraction of sp³-hybridized carbons (Fsp3) is 0.444. The second-order valence-electron chi connectivity index (χ2n) is 3.32. The Morgan fingerprint density at radius 3 is 3.13 bits per heavy atom. The van der Waals surface area contributed by atoms with Crippen molar-refractivity contribution in [2.75, 3.05) is 5.75 Å². The van der Waals surface area contributed by atoms with Crippen molar-refractivity contribution >= 4 is 17.7 Å². The maximum Gasteiger partial charge on any atom is 0.345 e. The highest BCUT2D eigenvalue weighted by atomic mass is 32.2. The molecule has 2 rings (SSSR count). The molecule has 1 aromatic rings. The number of rotatable bonds is 2. The molecule has 15 heavy (non-hydrogen) atoms. The van der Waals surface area contributed by atoms with Crippen LogP contribution in [0.15, 0.2) is 4.79 Å². The van der Waals surface area contributed by atoms with Gasteiger partial charge in [-0.25, -0.2) is 4.79 Å². The van der Waals surface area contributed by atoms with Crippen molar-refractivity contribution < 1.29 is 9.90 Å². The summed E-state index contributed by atoms with van der Waals surface area (Å²) in [5.74, 6) is 0.737. The van der Waals surface area contributed by atoms with Crippen LogP contribution in [-0.2, 0) is 23.4 Å². The number of aromatic nitrogens is 2. The van der Waals surface area contributed by atoms with E-state index in [-0.39, 0.29) is 6.42 Å². The van der Waals surface area contributed by atoms with E-state index in [4.69, 9.17) is 5.11 Å². The minimum Gasteiger partial charge on any atom is -0.481 e. The number of carboxylic acid groups (broad SMARTS) is 1. The van der Waals surface area contributed by atoms with Crippen molar-refractivity contribution in [3.63, 3.8) is 0 Å². The van der Waals surface area contributed by atoms with Crippen molar-refractivity contribution in [1.82, 2.24) is 9.97 Å². The number of carboxylic acids is 1. The molecule has 1 aromatic heterocycles. The monoisotopic (exact) mass is 226 g/mol. The van der Waals surface area contributed by atoms with Gasteiger partial charge in [0, 0.05) is 11.4 Å². The number of fused-ring (bicyclic) bond motifs is 1. The number of aromatic amines is 1. The summed E-state index contributed by atoms with van der Waals surface area (Å²) in [6, 6.07) is 0. The maximum absolute atomic E-state index is 11.2. The number of hydrogen-bond donors (Lipinski definition) is 2. The number of H-pyrrole nitrogens is 1. The van der Waals surface area contributed by atoms with Crippen LogP contribution in [0.1, 0.15) is 17.0 Å². The molecular formula is C9H10N2O3S. The molecule has 1 aliphatic heterocycles. The van der Waals surface area contributed by atoms with Crippen molar-refractivity contribution in [3.8, 4) is 0 Å². The average molecular weight is 226 g/mol. The van der Waals surface area contributed by atoms with E-state index >= 15 is 0 Å². The van der Waals surface area contributed by atoms with Gasteiger partial charge in [0.05, 0.1) is 12.1 Å². The van der Waals surface area contributed by atoms with E-state index in [0.717, 1.165) is 29.2 Å². The molecule has 0 saturated heterocycles. The minimum atomic E-state index is -0.950. The molecule has 80 valence electrons. The van der Waals surface area contributed by atoms with Crippen LogP contribution in [0.3, 0.4) is 0 Å². The lowest BCUT2D eigenvalue weighted by atomic mass is 10.1. The lowest BCUT2D eigenvalue weighted by Crippen LogP contribution is -2.22. The normalized spacial score (nSPS) is 14.7. The van der Waals surface area contributed by atoms with Gasteiger partial charge in [-0.15, -0.1) is 0 Å². The van der Waals surface area contributed by atoms with Crippen LogP contribution < -0.4 is 5.69 Å². The third-order valence-electron chi connectivity index (χ3n) is 2.27. The molecule has 0 radical (unpaired) electrons. The quantitative estimate of drug-likeness (QED) is 0.752. The number of hydrogen-bond acceptors (Lipinski definition) is 4. The zero-order valence-corrected chi connectivity index (χ0v) is 8.76. The van der Waals surface area contributed by atoms with Crippen molar-refractivity contribution in [2.45, 2.75) is 18.6 Å². The molecule has 0 bridgehead atoms. The van der Waals surface area contributed by atoms with Gasteiger partial charge in [0.1, 0.15) is 0 Å². The van der Waals surface area contributed by atoms with Gasteiger partial charge in [0.25, 0.3) is 0 Å². The molecule has 1 aliphatic rings. The smallest absolute Gasteiger partial charge is 0.345 e. The number of nitrogens with one attached hydrogen (secondary N) is 1. The van der Waals surface area contributed by atoms with Crippen LogP contribution in [0.2, 0.25) is 0 Å². The van der Waals surface area contributed by atoms with E-state index in [1.54, 1.807) is 11.8 Å². The lowest BCUT2D eigenvalue weighted by Gasteiger charge is -2.16. The van der Waals surface area contributed by atoms with Crippen molar-refractivity contribution in [3.05, 3.63) is 27.4 Å². The highest BCUT2D eigenvalue weighted by molar-refractivity contribution is 7.98. The standard InChI is InChI=1S/C9H10N2O3S/c12-8(13)3-6-5-1-2-15-4-7(5)11-9(14)10-6/h1-4H2,(H,12,13)(H,10,11,14). The molecule has 6 heteroatoms. The zero-order valence-electron chi connectivity index (χ0n) is 7.95. The number of aliphatic carboxylic acids is 1. The van der Waals surface area contributed by atoms with Crippen LogP contribution in [0.5, 0.6) is 0 Å². The molecule has 0 unspecified atom stereocenters. The van der Waals surface area contributed by atoms with E-state index in [1.807, 2.05) is 0 Å². The third kappa shape index (κ3) is 2.20. The SMILES string of the molecule is O=C(O)Cc1nc(=O)[nH]c2c1CCSC2. The first-order chi connectivity index (χ1) is 7.16. The second kappa shape index (κ2) is 4.06. The Bertz CT molecular complexity index is 455. The first-order valence-electron chi connectivity index (χ1n) is 4.57. The first-order valence-corrected chi connectivity index (χ1v) is 5.73. The fourth-order valence-corrected chi connectivity index (χ4v) is 2.60. The van der Waals surface area contributed by atoms with Gasteiger partial charge in [-0.3, -0.25) is 4.79 Å². The summed E-state index contributed by atoms with van der Waals surface area (Å²) < 4.78 is 0. The predicted molar refractivity (Wildman–Crippen MR) is 56.1 cm³/mol. The minimum absolute atomic E-state index is 0.170. The topological polar surface area (TPSA) is 83.0 Å². The molecule has 0 saturated carbocycles. The zero-order chi connectivity index (χ0) is 10.8. The van der Waals surface area contributed by atoms with Crippen LogP contribution in [-0.4, -0.2) is 26.8 Å². The average Bonchev–Trinajstić information content (AvgIpc) is 2.16. The molecule has 2 N–H and O–H groups in total. The summed E-state index contributed by atoms with van der Waals surface area (Å²) in [6.45, 7) is 0. The van der Waals surface area contributed by atoms with Crippen LogP contribution >= 0.6 is 11.8 Å². The van der Waals surface area contributed by atoms with E-state index in [0.29, 0.717) is 5.69 Å². The van der Waals surface area contributed by atoms with Crippen LogP contribution in [0.25, 0.3) is 0 Å². The summed E-state index contributed by atoms with van der Waals surface area (Å²) in [7, 11) is 0. The Morgan fingerprint density at radius 1 is 1.60 bits per heavy atom. The van der Waals surface area contributed by atoms with Gasteiger partial charge in [-0.2, -0.15) is 16.7 Å². The van der Waals surface area contributed by atoms with E-state index in [9.17, 15) is 9.59 Å². The Hall–Kier alpha value is -1.30. The van der Waals surface area contributed by atoms with Crippen LogP contribution in [0, 0.1) is 0 Å². The fourth-order valence-electron chi connectivity index (χ4n) is 1.65. The summed E-state index contributed by atoms with van der Waals surface area (Å²) in [4.78, 5) is 28.2. The number of carbonyl (C=O) groups is 1.